The molecule has 0 unspecified atom stereocenters. The van der Waals surface area contributed by atoms with Gasteiger partial charge in [-0.25, -0.2) is 0 Å². The molecule has 0 aromatic heterocycles. The second kappa shape index (κ2) is 9.43. The number of rotatable bonds is 8. The minimum absolute atomic E-state index is 0.00384. The number of likely N-dealkylation sites (tertiary alicyclic amines) is 1. The van der Waals surface area contributed by atoms with Gasteiger partial charge in [0.05, 0.1) is 13.2 Å². The number of ether oxygens (including phenoxy) is 2. The van der Waals surface area contributed by atoms with E-state index in [2.05, 4.69) is 88.7 Å². The van der Waals surface area contributed by atoms with E-state index in [1.54, 1.807) is 7.11 Å². The summed E-state index contributed by atoms with van der Waals surface area (Å²) >= 11 is 0. The van der Waals surface area contributed by atoms with E-state index in [4.69, 9.17) is 9.47 Å². The summed E-state index contributed by atoms with van der Waals surface area (Å²) in [4.78, 5) is 19.7. The topological polar surface area (TPSA) is 42.0 Å². The number of benzene rings is 3. The molecule has 212 valence electrons. The Balaban J connectivity index is 1.26. The Morgan fingerprint density at radius 1 is 0.927 bits per heavy atom. The molecule has 3 heterocycles. The second-order valence-electron chi connectivity index (χ2n) is 13.3. The van der Waals surface area contributed by atoms with Gasteiger partial charge in [0.2, 0.25) is 0 Å². The monoisotopic (exact) mass is 548 g/mol. The van der Waals surface area contributed by atoms with Crippen LogP contribution in [0.4, 0.5) is 0 Å². The lowest BCUT2D eigenvalue weighted by Gasteiger charge is -2.71. The standard InChI is InChI=1S/C36H40N2O3/c1-40-30-15-14-29-20-32-36-17-16-35(33(39)41-36,25-34(36,31(29)21-30)18-19-37(32)22-28-12-13-28)38(23-26-8-4-2-5-9-26)24-27-10-6-3-7-11-27/h2-11,14-15,21,28,32H,12-13,16-20,22-25H2,1H3/t32-,34-,35+,36-/m1/s1. The minimum Gasteiger partial charge on any atom is -0.497 e. The summed E-state index contributed by atoms with van der Waals surface area (Å²) in [6.07, 6.45) is 7.23. The maximum Gasteiger partial charge on any atom is 0.327 e. The largest absolute Gasteiger partial charge is 0.497 e. The van der Waals surface area contributed by atoms with E-state index in [-0.39, 0.29) is 17.4 Å². The summed E-state index contributed by atoms with van der Waals surface area (Å²) in [6, 6.07) is 28.2. The van der Waals surface area contributed by atoms with Gasteiger partial charge in [-0.2, -0.15) is 0 Å². The van der Waals surface area contributed by atoms with Crippen LogP contribution in [0.25, 0.3) is 0 Å². The average Bonchev–Trinajstić information content (AvgIpc) is 3.83. The van der Waals surface area contributed by atoms with Gasteiger partial charge in [-0.3, -0.25) is 14.6 Å². The molecule has 0 radical (unpaired) electrons. The minimum atomic E-state index is -0.672. The van der Waals surface area contributed by atoms with Crippen molar-refractivity contribution in [3.05, 3.63) is 101 Å². The van der Waals surface area contributed by atoms with Crippen molar-refractivity contribution in [2.45, 2.75) is 80.6 Å². The molecular formula is C36H40N2O3. The van der Waals surface area contributed by atoms with Gasteiger partial charge in [0.1, 0.15) is 16.9 Å². The third-order valence-electron chi connectivity index (χ3n) is 11.2. The second-order valence-corrected chi connectivity index (χ2v) is 13.3. The van der Waals surface area contributed by atoms with E-state index in [9.17, 15) is 4.79 Å². The number of piperidine rings is 1. The van der Waals surface area contributed by atoms with Gasteiger partial charge in [0, 0.05) is 25.0 Å². The van der Waals surface area contributed by atoms with Crippen molar-refractivity contribution in [2.75, 3.05) is 20.2 Å². The van der Waals surface area contributed by atoms with Crippen molar-refractivity contribution in [1.29, 1.82) is 0 Å². The van der Waals surface area contributed by atoms with Gasteiger partial charge in [0.15, 0.2) is 0 Å². The lowest BCUT2D eigenvalue weighted by molar-refractivity contribution is -0.263. The summed E-state index contributed by atoms with van der Waals surface area (Å²) in [5.74, 6) is 1.71. The smallest absolute Gasteiger partial charge is 0.327 e. The van der Waals surface area contributed by atoms with Crippen molar-refractivity contribution < 1.29 is 14.3 Å². The molecule has 9 rings (SSSR count). The van der Waals surface area contributed by atoms with Crippen molar-refractivity contribution in [3.63, 3.8) is 0 Å². The predicted molar refractivity (Wildman–Crippen MR) is 159 cm³/mol. The molecule has 4 atom stereocenters. The van der Waals surface area contributed by atoms with Crippen LogP contribution < -0.4 is 4.74 Å². The van der Waals surface area contributed by atoms with E-state index < -0.39 is 11.1 Å². The van der Waals surface area contributed by atoms with Crippen molar-refractivity contribution in [2.24, 2.45) is 5.92 Å². The first kappa shape index (κ1) is 25.6. The normalized spacial score (nSPS) is 31.9. The van der Waals surface area contributed by atoms with Crippen molar-refractivity contribution in [1.82, 2.24) is 9.80 Å². The maximum atomic E-state index is 14.5. The third-order valence-corrected chi connectivity index (χ3v) is 11.2. The third kappa shape index (κ3) is 3.85. The van der Waals surface area contributed by atoms with Gasteiger partial charge in [-0.1, -0.05) is 66.7 Å². The number of methoxy groups -OCH3 is 1. The fraction of sp³-hybridized carbons (Fsp3) is 0.472. The van der Waals surface area contributed by atoms with Crippen LogP contribution in [0, 0.1) is 5.92 Å². The summed E-state index contributed by atoms with van der Waals surface area (Å²) in [7, 11) is 1.76. The van der Waals surface area contributed by atoms with Crippen LogP contribution in [-0.4, -0.2) is 53.2 Å². The van der Waals surface area contributed by atoms with Crippen LogP contribution in [-0.2, 0) is 34.5 Å². The van der Waals surface area contributed by atoms with Crippen molar-refractivity contribution in [3.8, 4) is 5.75 Å². The number of carbonyl (C=O) groups excluding carboxylic acids is 1. The molecular weight excluding hydrogens is 508 g/mol. The van der Waals surface area contributed by atoms with E-state index in [0.29, 0.717) is 0 Å². The Labute approximate surface area is 243 Å². The molecule has 3 saturated heterocycles. The zero-order chi connectivity index (χ0) is 27.7. The van der Waals surface area contributed by atoms with E-state index >= 15 is 0 Å². The molecule has 5 nitrogen and oxygen atoms in total. The molecule has 3 aliphatic carbocycles. The number of hydrogen-bond acceptors (Lipinski definition) is 5. The molecule has 3 aliphatic heterocycles. The SMILES string of the molecule is COc1ccc2c(c1)[C@]13CCN(CC4CC4)[C@H](C2)[C@]12CC[C@](N(Cc1ccccc1)Cc1ccccc1)(C3)C(=O)O2. The summed E-state index contributed by atoms with van der Waals surface area (Å²) < 4.78 is 12.8. The lowest BCUT2D eigenvalue weighted by atomic mass is 9.44. The van der Waals surface area contributed by atoms with Crippen molar-refractivity contribution >= 4 is 5.97 Å². The maximum absolute atomic E-state index is 14.5. The molecule has 2 saturated carbocycles. The molecule has 41 heavy (non-hydrogen) atoms. The summed E-state index contributed by atoms with van der Waals surface area (Å²) in [6.45, 7) is 3.65. The molecule has 3 aromatic rings. The first-order valence-electron chi connectivity index (χ1n) is 15.5. The molecule has 6 aliphatic rings. The molecule has 0 N–H and O–H groups in total. The zero-order valence-electron chi connectivity index (χ0n) is 24.1. The van der Waals surface area contributed by atoms with Gasteiger partial charge in [-0.15, -0.1) is 0 Å². The molecule has 0 amide bonds. The number of esters is 1. The fourth-order valence-corrected chi connectivity index (χ4v) is 9.07. The predicted octanol–water partition coefficient (Wildman–Crippen LogP) is 5.89. The number of carbonyl (C=O) groups is 1. The Hall–Kier alpha value is -3.15. The highest BCUT2D eigenvalue weighted by atomic mass is 16.6. The zero-order valence-corrected chi connectivity index (χ0v) is 24.1. The first-order chi connectivity index (χ1) is 20.1. The highest BCUT2D eigenvalue weighted by Gasteiger charge is 2.75. The molecule has 5 fully saturated rings. The number of fused-ring (bicyclic) bond motifs is 3. The first-order valence-corrected chi connectivity index (χ1v) is 15.5. The van der Waals surface area contributed by atoms with E-state index in [1.165, 1.54) is 35.1 Å². The van der Waals surface area contributed by atoms with Crippen LogP contribution in [0.5, 0.6) is 5.75 Å². The Bertz CT molecular complexity index is 1410. The molecule has 4 bridgehead atoms. The van der Waals surface area contributed by atoms with Crippen LogP contribution >= 0.6 is 0 Å². The highest BCUT2D eigenvalue weighted by molar-refractivity contribution is 5.85. The number of nitrogens with zero attached hydrogens (tertiary/aromatic N) is 2. The lowest BCUT2D eigenvalue weighted by Crippen LogP contribution is -2.82. The molecule has 3 aromatic carbocycles. The van der Waals surface area contributed by atoms with Crippen LogP contribution in [0.1, 0.15) is 60.8 Å². The molecule has 1 spiro atoms. The van der Waals surface area contributed by atoms with E-state index in [0.717, 1.165) is 70.0 Å². The highest BCUT2D eigenvalue weighted by Crippen LogP contribution is 2.66. The van der Waals surface area contributed by atoms with E-state index in [1.807, 2.05) is 0 Å². The van der Waals surface area contributed by atoms with Gasteiger partial charge >= 0.3 is 5.97 Å². The average molecular weight is 549 g/mol. The van der Waals surface area contributed by atoms with Crippen LogP contribution in [0.15, 0.2) is 78.9 Å². The van der Waals surface area contributed by atoms with Gasteiger partial charge in [0.25, 0.3) is 0 Å². The van der Waals surface area contributed by atoms with Gasteiger partial charge in [-0.05, 0) is 91.8 Å². The summed E-state index contributed by atoms with van der Waals surface area (Å²) in [5, 5.41) is 0. The molecule has 5 heteroatoms. The van der Waals surface area contributed by atoms with Crippen LogP contribution in [0.3, 0.4) is 0 Å². The summed E-state index contributed by atoms with van der Waals surface area (Å²) in [5.41, 5.74) is 3.89. The Morgan fingerprint density at radius 2 is 1.63 bits per heavy atom. The number of hydrogen-bond donors (Lipinski definition) is 0. The quantitative estimate of drug-likeness (QED) is 0.328. The fourth-order valence-electron chi connectivity index (χ4n) is 9.07. The Kier molecular flexibility index (Phi) is 5.88. The van der Waals surface area contributed by atoms with Crippen LogP contribution in [0.2, 0.25) is 0 Å². The Morgan fingerprint density at radius 3 is 2.27 bits per heavy atom. The van der Waals surface area contributed by atoms with Gasteiger partial charge < -0.3 is 9.47 Å².